The van der Waals surface area contributed by atoms with E-state index in [2.05, 4.69) is 53.5 Å². The maximum atomic E-state index is 2.51. The molecule has 0 aromatic heterocycles. The van der Waals surface area contributed by atoms with Crippen molar-refractivity contribution in [1.29, 1.82) is 0 Å². The molecule has 0 N–H and O–H groups in total. The van der Waals surface area contributed by atoms with Crippen molar-refractivity contribution in [3.05, 3.63) is 0 Å². The highest BCUT2D eigenvalue weighted by molar-refractivity contribution is 4.78. The zero-order valence-corrected chi connectivity index (χ0v) is 10.5. The molecule has 0 heterocycles. The largest absolute Gasteiger partial charge is 0.301 e. The summed E-state index contributed by atoms with van der Waals surface area (Å²) < 4.78 is 0. The first kappa shape index (κ1) is 13.0. The lowest BCUT2D eigenvalue weighted by molar-refractivity contribution is 0.105. The van der Waals surface area contributed by atoms with Gasteiger partial charge in [-0.2, -0.15) is 0 Å². The van der Waals surface area contributed by atoms with Gasteiger partial charge in [-0.25, -0.2) is 0 Å². The fraction of sp³-hybridized carbons (Fsp3) is 1.00. The van der Waals surface area contributed by atoms with E-state index in [0.29, 0.717) is 6.04 Å². The van der Waals surface area contributed by atoms with E-state index in [-0.39, 0.29) is 0 Å². The molecule has 0 saturated heterocycles. The molecule has 0 spiro atoms. The van der Waals surface area contributed by atoms with Gasteiger partial charge >= 0.3 is 0 Å². The minimum Gasteiger partial charge on any atom is -0.301 e. The van der Waals surface area contributed by atoms with Gasteiger partial charge in [-0.05, 0) is 32.7 Å². The highest BCUT2D eigenvalue weighted by Crippen LogP contribution is 2.22. The van der Waals surface area contributed by atoms with Gasteiger partial charge in [0.05, 0.1) is 0 Å². The lowest BCUT2D eigenvalue weighted by atomic mass is 9.88. The number of nitrogens with zero attached hydrogens (tertiary/aromatic N) is 1. The quantitative estimate of drug-likeness (QED) is 0.634. The normalized spacial score (nSPS) is 17.1. The molecule has 0 aromatic carbocycles. The summed E-state index contributed by atoms with van der Waals surface area (Å²) in [6.07, 6.45) is 1.28. The van der Waals surface area contributed by atoms with Crippen LogP contribution in [0.15, 0.2) is 0 Å². The van der Waals surface area contributed by atoms with Crippen LogP contribution in [-0.4, -0.2) is 24.0 Å². The molecule has 0 radical (unpaired) electrons. The number of hydrogen-bond acceptors (Lipinski definition) is 1. The van der Waals surface area contributed by atoms with Gasteiger partial charge in [0.15, 0.2) is 0 Å². The molecule has 0 aliphatic rings. The predicted octanol–water partition coefficient (Wildman–Crippen LogP) is 3.40. The highest BCUT2D eigenvalue weighted by atomic mass is 15.2. The van der Waals surface area contributed by atoms with E-state index in [1.165, 1.54) is 6.42 Å². The summed E-state index contributed by atoms with van der Waals surface area (Å²) in [6.45, 7) is 13.9. The maximum absolute atomic E-state index is 2.51. The average molecular weight is 185 g/mol. The topological polar surface area (TPSA) is 3.24 Å². The van der Waals surface area contributed by atoms with E-state index in [9.17, 15) is 0 Å². The van der Waals surface area contributed by atoms with Crippen molar-refractivity contribution < 1.29 is 0 Å². The predicted molar refractivity (Wildman–Crippen MR) is 61.0 cm³/mol. The molecule has 0 aliphatic carbocycles. The maximum Gasteiger partial charge on any atom is 0.0143 e. The molecule has 13 heavy (non-hydrogen) atoms. The second kappa shape index (κ2) is 5.64. The van der Waals surface area contributed by atoms with Gasteiger partial charge in [0, 0.05) is 12.1 Å². The number of hydrogen-bond donors (Lipinski definition) is 0. The van der Waals surface area contributed by atoms with Gasteiger partial charge in [-0.3, -0.25) is 0 Å². The Morgan fingerprint density at radius 2 is 1.46 bits per heavy atom. The van der Waals surface area contributed by atoms with Crippen molar-refractivity contribution in [3.63, 3.8) is 0 Å². The molecule has 0 aromatic rings. The summed E-state index contributed by atoms with van der Waals surface area (Å²) in [4.78, 5) is 2.51. The molecule has 1 heteroatoms. The van der Waals surface area contributed by atoms with E-state index >= 15 is 0 Å². The Bertz CT molecular complexity index is 129. The summed E-state index contributed by atoms with van der Waals surface area (Å²) in [5.74, 6) is 1.55. The first-order valence-corrected chi connectivity index (χ1v) is 5.63. The Morgan fingerprint density at radius 1 is 1.00 bits per heavy atom. The van der Waals surface area contributed by atoms with Crippen LogP contribution in [0.5, 0.6) is 0 Å². The zero-order chi connectivity index (χ0) is 10.6. The Morgan fingerprint density at radius 3 is 1.69 bits per heavy atom. The summed E-state index contributed by atoms with van der Waals surface area (Å²) in [6, 6.07) is 1.38. The van der Waals surface area contributed by atoms with E-state index in [0.717, 1.165) is 17.9 Å². The van der Waals surface area contributed by atoms with Crippen LogP contribution in [-0.2, 0) is 0 Å². The van der Waals surface area contributed by atoms with E-state index < -0.39 is 0 Å². The first-order valence-electron chi connectivity index (χ1n) is 5.63. The minimum atomic E-state index is 0.654. The molecule has 0 fully saturated rings. The highest BCUT2D eigenvalue weighted by Gasteiger charge is 2.25. The van der Waals surface area contributed by atoms with Gasteiger partial charge in [-0.1, -0.05) is 34.1 Å². The molecule has 2 atom stereocenters. The Labute approximate surface area is 84.5 Å². The molecule has 0 aliphatic heterocycles. The molecule has 0 bridgehead atoms. The van der Waals surface area contributed by atoms with Crippen LogP contribution in [0.1, 0.15) is 48.0 Å². The van der Waals surface area contributed by atoms with Crippen molar-refractivity contribution >= 4 is 0 Å². The summed E-state index contributed by atoms with van der Waals surface area (Å²) in [5, 5.41) is 0. The third-order valence-electron chi connectivity index (χ3n) is 3.19. The lowest BCUT2D eigenvalue weighted by Gasteiger charge is -2.38. The van der Waals surface area contributed by atoms with E-state index in [1.54, 1.807) is 0 Å². The minimum absolute atomic E-state index is 0.654. The van der Waals surface area contributed by atoms with E-state index in [4.69, 9.17) is 0 Å². The van der Waals surface area contributed by atoms with Crippen molar-refractivity contribution in [2.75, 3.05) is 7.05 Å². The lowest BCUT2D eigenvalue weighted by Crippen LogP contribution is -2.44. The molecule has 1 nitrogen and oxygen atoms in total. The van der Waals surface area contributed by atoms with Crippen LogP contribution < -0.4 is 0 Å². The number of rotatable bonds is 5. The van der Waals surface area contributed by atoms with Crippen LogP contribution in [0.3, 0.4) is 0 Å². The standard InChI is InChI=1S/C12H27N/c1-8-11(6)12(9(2)3)13(7)10(4)5/h9-12H,8H2,1-7H3/t11-,12?/m0/s1. The SMILES string of the molecule is CC[C@H](C)C(C(C)C)N(C)C(C)C. The Balaban J connectivity index is 4.41. The summed E-state index contributed by atoms with van der Waals surface area (Å²) in [7, 11) is 2.25. The van der Waals surface area contributed by atoms with Gasteiger partial charge in [0.2, 0.25) is 0 Å². The molecule has 80 valence electrons. The second-order valence-corrected chi connectivity index (χ2v) is 4.88. The van der Waals surface area contributed by atoms with Crippen molar-refractivity contribution in [1.82, 2.24) is 4.90 Å². The van der Waals surface area contributed by atoms with Crippen molar-refractivity contribution in [2.45, 2.75) is 60.0 Å². The van der Waals surface area contributed by atoms with Crippen molar-refractivity contribution in [2.24, 2.45) is 11.8 Å². The van der Waals surface area contributed by atoms with Crippen molar-refractivity contribution in [3.8, 4) is 0 Å². The van der Waals surface area contributed by atoms with Gasteiger partial charge in [0.1, 0.15) is 0 Å². The molecule has 1 unspecified atom stereocenters. The molecule has 0 amide bonds. The monoisotopic (exact) mass is 185 g/mol. The van der Waals surface area contributed by atoms with Crippen LogP contribution in [0.25, 0.3) is 0 Å². The van der Waals surface area contributed by atoms with Gasteiger partial charge in [0.25, 0.3) is 0 Å². The third kappa shape index (κ3) is 3.68. The average Bonchev–Trinajstić information content (AvgIpc) is 2.03. The smallest absolute Gasteiger partial charge is 0.0143 e. The second-order valence-electron chi connectivity index (χ2n) is 4.88. The fourth-order valence-corrected chi connectivity index (χ4v) is 2.11. The van der Waals surface area contributed by atoms with Crippen LogP contribution in [0, 0.1) is 11.8 Å². The third-order valence-corrected chi connectivity index (χ3v) is 3.19. The molecular formula is C12H27N. The summed E-state index contributed by atoms with van der Waals surface area (Å²) >= 11 is 0. The van der Waals surface area contributed by atoms with Gasteiger partial charge < -0.3 is 4.90 Å². The van der Waals surface area contributed by atoms with Crippen LogP contribution in [0.4, 0.5) is 0 Å². The fourth-order valence-electron chi connectivity index (χ4n) is 2.11. The van der Waals surface area contributed by atoms with Gasteiger partial charge in [-0.15, -0.1) is 0 Å². The molecular weight excluding hydrogens is 158 g/mol. The van der Waals surface area contributed by atoms with Crippen LogP contribution in [0.2, 0.25) is 0 Å². The van der Waals surface area contributed by atoms with Crippen LogP contribution >= 0.6 is 0 Å². The molecule has 0 saturated carbocycles. The Hall–Kier alpha value is -0.0400. The first-order chi connectivity index (χ1) is 5.91. The summed E-state index contributed by atoms with van der Waals surface area (Å²) in [5.41, 5.74) is 0. The Kier molecular flexibility index (Phi) is 5.62. The van der Waals surface area contributed by atoms with E-state index in [1.807, 2.05) is 0 Å². The zero-order valence-electron chi connectivity index (χ0n) is 10.5. The molecule has 0 rings (SSSR count).